The minimum absolute atomic E-state index is 0.0667. The molecule has 1 saturated heterocycles. The maximum Gasteiger partial charge on any atom is 0.417 e. The zero-order chi connectivity index (χ0) is 29.4. The molecule has 1 N–H and O–H groups in total. The molecule has 40 heavy (non-hydrogen) atoms. The molecule has 1 unspecified atom stereocenters. The smallest absolute Gasteiger partial charge is 0.417 e. The number of fused-ring (bicyclic) bond motifs is 1. The second-order valence-electron chi connectivity index (χ2n) is 9.44. The predicted molar refractivity (Wildman–Crippen MR) is 145 cm³/mol. The Labute approximate surface area is 242 Å². The fourth-order valence-electron chi connectivity index (χ4n) is 4.67. The summed E-state index contributed by atoms with van der Waals surface area (Å²) in [7, 11) is 0. The van der Waals surface area contributed by atoms with Gasteiger partial charge in [0, 0.05) is 29.1 Å². The molecule has 1 fully saturated rings. The maximum atomic E-state index is 13.5. The lowest BCUT2D eigenvalue weighted by Crippen LogP contribution is -2.41. The molecule has 1 aliphatic rings. The molecule has 13 heteroatoms. The summed E-state index contributed by atoms with van der Waals surface area (Å²) in [6.45, 7) is 3.60. The summed E-state index contributed by atoms with van der Waals surface area (Å²) in [4.78, 5) is 38.8. The number of rotatable bonds is 9. The number of urea groups is 1. The van der Waals surface area contributed by atoms with Crippen LogP contribution in [0.15, 0.2) is 39.5 Å². The number of imide groups is 1. The first-order valence-corrected chi connectivity index (χ1v) is 13.5. The van der Waals surface area contributed by atoms with Crippen molar-refractivity contribution in [2.24, 2.45) is 0 Å². The number of nitrogens with zero attached hydrogens (tertiary/aromatic N) is 1. The zero-order valence-corrected chi connectivity index (χ0v) is 23.7. The van der Waals surface area contributed by atoms with Crippen molar-refractivity contribution in [3.63, 3.8) is 0 Å². The average Bonchev–Trinajstić information content (AvgIpc) is 3.10. The molecule has 3 aromatic rings. The zero-order valence-electron chi connectivity index (χ0n) is 21.4. The van der Waals surface area contributed by atoms with E-state index in [4.69, 9.17) is 44.0 Å². The summed E-state index contributed by atoms with van der Waals surface area (Å²) < 4.78 is 51.5. The van der Waals surface area contributed by atoms with Crippen LogP contribution in [0.25, 0.3) is 11.0 Å². The highest BCUT2D eigenvalue weighted by Crippen LogP contribution is 2.40. The Kier molecular flexibility index (Phi) is 8.63. The van der Waals surface area contributed by atoms with Crippen LogP contribution >= 0.6 is 34.8 Å². The maximum absolute atomic E-state index is 13.5. The van der Waals surface area contributed by atoms with Gasteiger partial charge in [0.05, 0.1) is 27.2 Å². The van der Waals surface area contributed by atoms with Crippen molar-refractivity contribution in [3.8, 4) is 5.75 Å². The number of nitrogens with one attached hydrogen (secondary N) is 1. The Balaban J connectivity index is 1.44. The second-order valence-corrected chi connectivity index (χ2v) is 10.6. The Morgan fingerprint density at radius 1 is 1.05 bits per heavy atom. The van der Waals surface area contributed by atoms with E-state index < -0.39 is 34.8 Å². The van der Waals surface area contributed by atoms with E-state index in [0.717, 1.165) is 4.90 Å². The van der Waals surface area contributed by atoms with Crippen molar-refractivity contribution in [1.29, 1.82) is 0 Å². The van der Waals surface area contributed by atoms with Gasteiger partial charge in [-0.05, 0) is 44.4 Å². The fraction of sp³-hybridized carbons (Fsp3) is 0.370. The predicted octanol–water partition coefficient (Wildman–Crippen LogP) is 7.35. The summed E-state index contributed by atoms with van der Waals surface area (Å²) in [6, 6.07) is 5.51. The molecular weight excluding hydrogens is 596 g/mol. The highest BCUT2D eigenvalue weighted by molar-refractivity contribution is 6.48. The molecule has 1 aromatic heterocycles. The van der Waals surface area contributed by atoms with E-state index in [1.165, 1.54) is 31.2 Å². The first kappa shape index (κ1) is 30.0. The number of carbonyl (C=O) groups is 2. The summed E-state index contributed by atoms with van der Waals surface area (Å²) in [5, 5.41) is 2.80. The number of halogens is 6. The summed E-state index contributed by atoms with van der Waals surface area (Å²) >= 11 is 18.4. The monoisotopic (exact) mass is 618 g/mol. The average molecular weight is 620 g/mol. The number of alkyl halides is 3. The van der Waals surface area contributed by atoms with E-state index in [1.807, 2.05) is 6.92 Å². The number of unbranched alkanes of at least 4 members (excludes halogenated alkanes) is 1. The van der Waals surface area contributed by atoms with Crippen LogP contribution in [0.5, 0.6) is 5.75 Å². The standard InChI is InChI=1S/C27H24Cl3F3N2O5/c1-3-6-15-19(10-7-14-17(27(31,32)33)13-20(36)40-23(14)15)39-12-5-4-11-35-24(37)26(2,34-25(35)38)16-8-9-18(28)22(30)21(16)29/h7-10,13H,3-6,11-12H2,1-2H3,(H,34,38). The van der Waals surface area contributed by atoms with Crippen LogP contribution in [-0.4, -0.2) is 30.0 Å². The van der Waals surface area contributed by atoms with Crippen LogP contribution in [0, 0.1) is 0 Å². The van der Waals surface area contributed by atoms with E-state index in [2.05, 4.69) is 5.32 Å². The lowest BCUT2D eigenvalue weighted by atomic mass is 9.92. The van der Waals surface area contributed by atoms with Crippen LogP contribution in [0.3, 0.4) is 0 Å². The third-order valence-corrected chi connectivity index (χ3v) is 7.95. The van der Waals surface area contributed by atoms with Gasteiger partial charge in [-0.3, -0.25) is 9.69 Å². The molecular formula is C27H24Cl3F3N2O5. The molecule has 2 aromatic carbocycles. The topological polar surface area (TPSA) is 88.9 Å². The third-order valence-electron chi connectivity index (χ3n) is 6.66. The number of hydrogen-bond donors (Lipinski definition) is 1. The van der Waals surface area contributed by atoms with Crippen LogP contribution in [0.2, 0.25) is 15.1 Å². The summed E-state index contributed by atoms with van der Waals surface area (Å²) in [5.41, 5.74) is -3.07. The first-order valence-electron chi connectivity index (χ1n) is 12.4. The molecule has 2 heterocycles. The number of aryl methyl sites for hydroxylation is 1. The number of hydrogen-bond acceptors (Lipinski definition) is 5. The van der Waals surface area contributed by atoms with Crippen LogP contribution in [0.1, 0.15) is 49.8 Å². The summed E-state index contributed by atoms with van der Waals surface area (Å²) in [5.74, 6) is -0.206. The Morgan fingerprint density at radius 2 is 1.77 bits per heavy atom. The highest BCUT2D eigenvalue weighted by Gasteiger charge is 2.50. The second kappa shape index (κ2) is 11.5. The van der Waals surface area contributed by atoms with E-state index in [0.29, 0.717) is 48.6 Å². The molecule has 0 bridgehead atoms. The molecule has 0 spiro atoms. The quantitative estimate of drug-likeness (QED) is 0.117. The Bertz CT molecular complexity index is 1540. The van der Waals surface area contributed by atoms with Crippen molar-refractivity contribution in [3.05, 3.63) is 72.5 Å². The van der Waals surface area contributed by atoms with Gasteiger partial charge in [0.25, 0.3) is 5.91 Å². The van der Waals surface area contributed by atoms with Crippen LogP contribution < -0.4 is 15.7 Å². The molecule has 3 amide bonds. The number of ether oxygens (including phenoxy) is 1. The van der Waals surface area contributed by atoms with Crippen molar-refractivity contribution in [2.75, 3.05) is 13.2 Å². The molecule has 1 atom stereocenters. The molecule has 214 valence electrons. The van der Waals surface area contributed by atoms with Gasteiger partial charge in [0.1, 0.15) is 16.9 Å². The molecule has 1 aliphatic heterocycles. The third kappa shape index (κ3) is 5.62. The SMILES string of the molecule is CCCc1c(OCCCCN2C(=O)NC(C)(c3ccc(Cl)c(Cl)c3Cl)C2=O)ccc2c(C(F)(F)F)cc(=O)oc12. The summed E-state index contributed by atoms with van der Waals surface area (Å²) in [6.07, 6.45) is -3.02. The van der Waals surface area contributed by atoms with Gasteiger partial charge >= 0.3 is 17.8 Å². The van der Waals surface area contributed by atoms with Crippen molar-refractivity contribution < 1.29 is 31.9 Å². The normalized spacial score (nSPS) is 17.6. The van der Waals surface area contributed by atoms with E-state index in [-0.39, 0.29) is 39.2 Å². The molecule has 0 radical (unpaired) electrons. The van der Waals surface area contributed by atoms with Crippen LogP contribution in [0.4, 0.5) is 18.0 Å². The number of amides is 3. The lowest BCUT2D eigenvalue weighted by molar-refractivity contribution is -0.136. The van der Waals surface area contributed by atoms with Gasteiger partial charge < -0.3 is 14.5 Å². The van der Waals surface area contributed by atoms with Gasteiger partial charge in [0.2, 0.25) is 0 Å². The molecule has 0 aliphatic carbocycles. The van der Waals surface area contributed by atoms with Crippen molar-refractivity contribution >= 4 is 57.7 Å². The van der Waals surface area contributed by atoms with Crippen molar-refractivity contribution in [1.82, 2.24) is 10.2 Å². The van der Waals surface area contributed by atoms with Gasteiger partial charge in [-0.15, -0.1) is 0 Å². The van der Waals surface area contributed by atoms with Gasteiger partial charge in [0.15, 0.2) is 0 Å². The van der Waals surface area contributed by atoms with E-state index in [9.17, 15) is 27.6 Å². The van der Waals surface area contributed by atoms with E-state index >= 15 is 0 Å². The fourth-order valence-corrected chi connectivity index (χ4v) is 5.39. The Morgan fingerprint density at radius 3 is 2.45 bits per heavy atom. The Hall–Kier alpha value is -2.95. The lowest BCUT2D eigenvalue weighted by Gasteiger charge is -2.24. The van der Waals surface area contributed by atoms with Gasteiger partial charge in [-0.25, -0.2) is 9.59 Å². The minimum atomic E-state index is -4.72. The number of carbonyl (C=O) groups excluding carboxylic acids is 2. The van der Waals surface area contributed by atoms with E-state index in [1.54, 1.807) is 0 Å². The largest absolute Gasteiger partial charge is 0.493 e. The first-order chi connectivity index (χ1) is 18.8. The minimum Gasteiger partial charge on any atom is -0.493 e. The van der Waals surface area contributed by atoms with Crippen molar-refractivity contribution in [2.45, 2.75) is 51.2 Å². The number of benzene rings is 2. The molecule has 4 rings (SSSR count). The highest BCUT2D eigenvalue weighted by atomic mass is 35.5. The van der Waals surface area contributed by atoms with Gasteiger partial charge in [-0.2, -0.15) is 13.2 Å². The molecule has 7 nitrogen and oxygen atoms in total. The van der Waals surface area contributed by atoms with Crippen LogP contribution in [-0.2, 0) is 22.9 Å². The van der Waals surface area contributed by atoms with Gasteiger partial charge in [-0.1, -0.05) is 54.2 Å². The molecule has 0 saturated carbocycles.